The first-order valence-corrected chi connectivity index (χ1v) is 4.49. The lowest BCUT2D eigenvalue weighted by Crippen LogP contribution is -2.49. The summed E-state index contributed by atoms with van der Waals surface area (Å²) in [6, 6.07) is 0. The molecule has 0 spiro atoms. The molecule has 3 atom stereocenters. The van der Waals surface area contributed by atoms with Crippen LogP contribution in [0.3, 0.4) is 0 Å². The number of hydrogen-bond donors (Lipinski definition) is 3. The maximum atomic E-state index is 11.2. The van der Waals surface area contributed by atoms with Crippen LogP contribution in [0.2, 0.25) is 0 Å². The van der Waals surface area contributed by atoms with E-state index in [0.717, 1.165) is 13.8 Å². The van der Waals surface area contributed by atoms with Crippen molar-refractivity contribution in [3.05, 3.63) is 0 Å². The molecule has 0 fully saturated rings. The molecule has 15 heavy (non-hydrogen) atoms. The lowest BCUT2D eigenvalue weighted by atomic mass is 9.98. The zero-order valence-corrected chi connectivity index (χ0v) is 8.93. The first-order valence-electron chi connectivity index (χ1n) is 4.49. The van der Waals surface area contributed by atoms with Gasteiger partial charge in [0.1, 0.15) is 12.7 Å². The molecule has 0 amide bonds. The Morgan fingerprint density at radius 2 is 1.80 bits per heavy atom. The Morgan fingerprint density at radius 3 is 2.13 bits per heavy atom. The first kappa shape index (κ1) is 14.0. The van der Waals surface area contributed by atoms with Gasteiger partial charge in [-0.2, -0.15) is 0 Å². The maximum absolute atomic E-state index is 11.2. The molecule has 0 rings (SSSR count). The predicted octanol–water partition coefficient (Wildman–Crippen LogP) is -1.39. The van der Waals surface area contributed by atoms with Crippen molar-refractivity contribution in [1.82, 2.24) is 0 Å². The van der Waals surface area contributed by atoms with Crippen molar-refractivity contribution in [1.29, 1.82) is 0 Å². The smallest absolute Gasteiger partial charge is 0.345 e. The summed E-state index contributed by atoms with van der Waals surface area (Å²) in [6.45, 7) is 3.14. The van der Waals surface area contributed by atoms with Crippen LogP contribution in [0.25, 0.3) is 0 Å². The van der Waals surface area contributed by atoms with Gasteiger partial charge in [-0.15, -0.1) is 0 Å². The SMILES string of the molecule is CC(O)COC(=O)C(C)(O)C(=O)C(C)O. The summed E-state index contributed by atoms with van der Waals surface area (Å²) in [5.74, 6) is -2.23. The number of ether oxygens (including phenoxy) is 1. The van der Waals surface area contributed by atoms with Crippen molar-refractivity contribution in [2.24, 2.45) is 0 Å². The Labute approximate surface area is 87.5 Å². The topological polar surface area (TPSA) is 104 Å². The minimum atomic E-state index is -2.39. The highest BCUT2D eigenvalue weighted by Gasteiger charge is 2.42. The summed E-state index contributed by atoms with van der Waals surface area (Å²) >= 11 is 0. The van der Waals surface area contributed by atoms with E-state index in [1.165, 1.54) is 6.92 Å². The summed E-state index contributed by atoms with van der Waals surface area (Å²) in [4.78, 5) is 22.4. The molecule has 0 heterocycles. The van der Waals surface area contributed by atoms with E-state index in [1.54, 1.807) is 0 Å². The molecular formula is C9H16O6. The first-order chi connectivity index (χ1) is 6.69. The number of Topliss-reactive ketones (excluding diaryl/α,β-unsaturated/α-hetero) is 1. The van der Waals surface area contributed by atoms with E-state index in [0.29, 0.717) is 0 Å². The van der Waals surface area contributed by atoms with Crippen molar-refractivity contribution >= 4 is 11.8 Å². The fourth-order valence-corrected chi connectivity index (χ4v) is 0.844. The van der Waals surface area contributed by atoms with Gasteiger partial charge in [-0.25, -0.2) is 4.79 Å². The van der Waals surface area contributed by atoms with E-state index < -0.39 is 29.6 Å². The monoisotopic (exact) mass is 220 g/mol. The van der Waals surface area contributed by atoms with Crippen LogP contribution in [-0.2, 0) is 14.3 Å². The quantitative estimate of drug-likeness (QED) is 0.389. The normalized spacial score (nSPS) is 18.8. The predicted molar refractivity (Wildman–Crippen MR) is 50.0 cm³/mol. The molecule has 0 bridgehead atoms. The second-order valence-corrected chi connectivity index (χ2v) is 3.56. The molecule has 3 N–H and O–H groups in total. The van der Waals surface area contributed by atoms with Gasteiger partial charge in [0.25, 0.3) is 0 Å². The molecule has 0 saturated carbocycles. The zero-order valence-electron chi connectivity index (χ0n) is 8.93. The van der Waals surface area contributed by atoms with Gasteiger partial charge in [-0.1, -0.05) is 0 Å². The van der Waals surface area contributed by atoms with E-state index in [-0.39, 0.29) is 6.61 Å². The maximum Gasteiger partial charge on any atom is 0.345 e. The zero-order chi connectivity index (χ0) is 12.2. The number of rotatable bonds is 5. The van der Waals surface area contributed by atoms with Crippen molar-refractivity contribution in [3.63, 3.8) is 0 Å². The summed E-state index contributed by atoms with van der Waals surface area (Å²) in [5, 5.41) is 27.2. The Kier molecular flexibility index (Phi) is 4.86. The van der Waals surface area contributed by atoms with Crippen molar-refractivity contribution in [2.75, 3.05) is 6.61 Å². The lowest BCUT2D eigenvalue weighted by molar-refractivity contribution is -0.173. The third-order valence-electron chi connectivity index (χ3n) is 1.71. The average molecular weight is 220 g/mol. The van der Waals surface area contributed by atoms with Gasteiger partial charge in [0.2, 0.25) is 11.4 Å². The molecule has 0 aliphatic heterocycles. The van der Waals surface area contributed by atoms with Crippen molar-refractivity contribution in [3.8, 4) is 0 Å². The molecular weight excluding hydrogens is 204 g/mol. The Hall–Kier alpha value is -0.980. The molecule has 0 aromatic heterocycles. The Morgan fingerprint density at radius 1 is 1.33 bits per heavy atom. The van der Waals surface area contributed by atoms with Crippen LogP contribution in [0.1, 0.15) is 20.8 Å². The van der Waals surface area contributed by atoms with Crippen molar-refractivity contribution < 1.29 is 29.6 Å². The highest BCUT2D eigenvalue weighted by Crippen LogP contribution is 2.10. The molecule has 0 aromatic rings. The minimum Gasteiger partial charge on any atom is -0.460 e. The van der Waals surface area contributed by atoms with Gasteiger partial charge in [0, 0.05) is 0 Å². The van der Waals surface area contributed by atoms with Crippen LogP contribution in [0.15, 0.2) is 0 Å². The standard InChI is InChI=1S/C9H16O6/c1-5(10)4-15-8(13)9(3,14)7(12)6(2)11/h5-6,10-11,14H,4H2,1-3H3. The second kappa shape index (κ2) is 5.20. The molecule has 88 valence electrons. The molecule has 0 aliphatic rings. The fraction of sp³-hybridized carbons (Fsp3) is 0.778. The van der Waals surface area contributed by atoms with E-state index in [2.05, 4.69) is 4.74 Å². The van der Waals surface area contributed by atoms with Gasteiger partial charge in [-0.3, -0.25) is 4.79 Å². The minimum absolute atomic E-state index is 0.317. The molecule has 0 saturated heterocycles. The van der Waals surface area contributed by atoms with Crippen molar-refractivity contribution in [2.45, 2.75) is 38.6 Å². The summed E-state index contributed by atoms with van der Waals surface area (Å²) < 4.78 is 4.47. The fourth-order valence-electron chi connectivity index (χ4n) is 0.844. The molecule has 0 aromatic carbocycles. The van der Waals surface area contributed by atoms with Gasteiger partial charge >= 0.3 is 5.97 Å². The van der Waals surface area contributed by atoms with Crippen LogP contribution < -0.4 is 0 Å². The van der Waals surface area contributed by atoms with Gasteiger partial charge < -0.3 is 20.1 Å². The van der Waals surface area contributed by atoms with Gasteiger partial charge in [0.05, 0.1) is 6.10 Å². The van der Waals surface area contributed by atoms with Crippen LogP contribution in [0, 0.1) is 0 Å². The third kappa shape index (κ3) is 3.94. The third-order valence-corrected chi connectivity index (χ3v) is 1.71. The molecule has 3 unspecified atom stereocenters. The van der Waals surface area contributed by atoms with E-state index in [9.17, 15) is 14.7 Å². The number of aliphatic hydroxyl groups is 3. The number of esters is 1. The number of hydrogen-bond acceptors (Lipinski definition) is 6. The molecule has 6 nitrogen and oxygen atoms in total. The number of carbonyl (C=O) groups is 2. The number of ketones is 1. The van der Waals surface area contributed by atoms with Gasteiger partial charge in [0.15, 0.2) is 0 Å². The number of carbonyl (C=O) groups excluding carboxylic acids is 2. The Balaban J connectivity index is 4.45. The molecule has 0 radical (unpaired) electrons. The van der Waals surface area contributed by atoms with Crippen LogP contribution in [-0.4, -0.2) is 51.5 Å². The number of aliphatic hydroxyl groups excluding tert-OH is 2. The summed E-state index contributed by atoms with van der Waals surface area (Å²) in [6.07, 6.45) is -2.34. The van der Waals surface area contributed by atoms with Crippen LogP contribution in [0.5, 0.6) is 0 Å². The second-order valence-electron chi connectivity index (χ2n) is 3.56. The summed E-state index contributed by atoms with van der Waals surface area (Å²) in [7, 11) is 0. The lowest BCUT2D eigenvalue weighted by Gasteiger charge is -2.21. The van der Waals surface area contributed by atoms with E-state index in [4.69, 9.17) is 10.2 Å². The van der Waals surface area contributed by atoms with Crippen LogP contribution in [0.4, 0.5) is 0 Å². The van der Waals surface area contributed by atoms with E-state index in [1.807, 2.05) is 0 Å². The Bertz CT molecular complexity index is 243. The van der Waals surface area contributed by atoms with Crippen LogP contribution >= 0.6 is 0 Å². The highest BCUT2D eigenvalue weighted by molar-refractivity contribution is 6.08. The summed E-state index contributed by atoms with van der Waals surface area (Å²) in [5.41, 5.74) is -2.39. The van der Waals surface area contributed by atoms with Gasteiger partial charge in [-0.05, 0) is 20.8 Å². The van der Waals surface area contributed by atoms with E-state index >= 15 is 0 Å². The highest BCUT2D eigenvalue weighted by atomic mass is 16.6. The largest absolute Gasteiger partial charge is 0.460 e. The average Bonchev–Trinajstić information content (AvgIpc) is 2.12. The molecule has 6 heteroatoms. The molecule has 0 aliphatic carbocycles.